The number of piperazine rings is 1. The summed E-state index contributed by atoms with van der Waals surface area (Å²) in [5, 5.41) is 3.40. The van der Waals surface area contributed by atoms with Gasteiger partial charge in [0.2, 0.25) is 0 Å². The summed E-state index contributed by atoms with van der Waals surface area (Å²) in [6.07, 6.45) is -0.294. The molecular formula is C30H33N3O4S. The van der Waals surface area contributed by atoms with Gasteiger partial charge in [0, 0.05) is 55.1 Å². The van der Waals surface area contributed by atoms with E-state index in [2.05, 4.69) is 4.90 Å². The second-order valence-electron chi connectivity index (χ2n) is 10.6. The van der Waals surface area contributed by atoms with E-state index in [0.29, 0.717) is 37.3 Å². The predicted octanol–water partition coefficient (Wildman–Crippen LogP) is 5.88. The van der Waals surface area contributed by atoms with Gasteiger partial charge in [0.1, 0.15) is 5.60 Å². The van der Waals surface area contributed by atoms with Gasteiger partial charge in [0.25, 0.3) is 10.0 Å². The predicted molar refractivity (Wildman–Crippen MR) is 154 cm³/mol. The van der Waals surface area contributed by atoms with E-state index in [1.165, 1.54) is 4.31 Å². The number of sulfonamides is 1. The Morgan fingerprint density at radius 3 is 2.08 bits per heavy atom. The fourth-order valence-corrected chi connectivity index (χ4v) is 6.40. The average Bonchev–Trinajstić information content (AvgIpc) is 2.91. The number of fused-ring (bicyclic) bond motifs is 2. The van der Waals surface area contributed by atoms with Gasteiger partial charge in [0.15, 0.2) is 0 Å². The number of carbonyl (C=O) groups is 1. The molecule has 0 spiro atoms. The third-order valence-corrected chi connectivity index (χ3v) is 8.71. The van der Waals surface area contributed by atoms with Gasteiger partial charge in [-0.05, 0) is 44.4 Å². The number of rotatable bonds is 4. The maximum Gasteiger partial charge on any atom is 0.410 e. The maximum absolute atomic E-state index is 13.8. The lowest BCUT2D eigenvalue weighted by atomic mass is 10.1. The molecule has 0 saturated carbocycles. The van der Waals surface area contributed by atoms with Gasteiger partial charge < -0.3 is 14.5 Å². The van der Waals surface area contributed by atoms with Gasteiger partial charge in [-0.2, -0.15) is 0 Å². The number of ether oxygens (including phenoxy) is 1. The van der Waals surface area contributed by atoms with Crippen LogP contribution in [0.15, 0.2) is 83.8 Å². The Morgan fingerprint density at radius 1 is 0.789 bits per heavy atom. The van der Waals surface area contributed by atoms with Crippen molar-refractivity contribution in [2.45, 2.75) is 31.3 Å². The van der Waals surface area contributed by atoms with Crippen molar-refractivity contribution in [2.24, 2.45) is 0 Å². The SMILES string of the molecule is CN(c1ccc(N2CCN(C(=O)OC(C)(C)C)CC2)c2ccccc12)S(=O)(=O)c1cccc2ccccc12. The van der Waals surface area contributed by atoms with Gasteiger partial charge >= 0.3 is 6.09 Å². The number of amides is 1. The summed E-state index contributed by atoms with van der Waals surface area (Å²) in [7, 11) is -2.21. The van der Waals surface area contributed by atoms with Crippen molar-refractivity contribution in [3.05, 3.63) is 78.9 Å². The largest absolute Gasteiger partial charge is 0.444 e. The highest BCUT2D eigenvalue weighted by molar-refractivity contribution is 7.93. The molecule has 0 N–H and O–H groups in total. The van der Waals surface area contributed by atoms with Crippen molar-refractivity contribution in [1.29, 1.82) is 0 Å². The van der Waals surface area contributed by atoms with Crippen LogP contribution in [0.1, 0.15) is 20.8 Å². The molecule has 1 aliphatic heterocycles. The smallest absolute Gasteiger partial charge is 0.410 e. The zero-order valence-electron chi connectivity index (χ0n) is 22.2. The second-order valence-corrected chi connectivity index (χ2v) is 12.5. The Bertz CT molecular complexity index is 1600. The van der Waals surface area contributed by atoms with Crippen molar-refractivity contribution >= 4 is 49.0 Å². The molecule has 198 valence electrons. The van der Waals surface area contributed by atoms with Crippen LogP contribution >= 0.6 is 0 Å². The van der Waals surface area contributed by atoms with Crippen molar-refractivity contribution in [2.75, 3.05) is 42.4 Å². The molecule has 1 amide bonds. The zero-order valence-corrected chi connectivity index (χ0v) is 23.0. The third-order valence-electron chi connectivity index (χ3n) is 6.88. The average molecular weight is 532 g/mol. The molecule has 38 heavy (non-hydrogen) atoms. The molecule has 0 aromatic heterocycles. The lowest BCUT2D eigenvalue weighted by Gasteiger charge is -2.37. The lowest BCUT2D eigenvalue weighted by Crippen LogP contribution is -2.50. The molecular weight excluding hydrogens is 498 g/mol. The second kappa shape index (κ2) is 9.83. The van der Waals surface area contributed by atoms with E-state index in [-0.39, 0.29) is 11.0 Å². The number of benzene rings is 4. The summed E-state index contributed by atoms with van der Waals surface area (Å²) >= 11 is 0. The monoisotopic (exact) mass is 531 g/mol. The van der Waals surface area contributed by atoms with Crippen molar-refractivity contribution in [3.8, 4) is 0 Å². The van der Waals surface area contributed by atoms with E-state index >= 15 is 0 Å². The standard InChI is InChI=1S/C30H33N3O4S/c1-30(2,3)37-29(34)33-20-18-32(19-21-33)27-17-16-26(24-13-7-8-14-25(24)27)31(4)38(35,36)28-15-9-11-22-10-5-6-12-23(22)28/h5-17H,18-21H2,1-4H3. The zero-order chi connectivity index (χ0) is 27.1. The Morgan fingerprint density at radius 2 is 1.39 bits per heavy atom. The van der Waals surface area contributed by atoms with E-state index in [4.69, 9.17) is 4.74 Å². The first-order chi connectivity index (χ1) is 18.1. The van der Waals surface area contributed by atoms with E-state index in [9.17, 15) is 13.2 Å². The molecule has 0 atom stereocenters. The van der Waals surface area contributed by atoms with Gasteiger partial charge in [-0.25, -0.2) is 13.2 Å². The minimum absolute atomic E-state index is 0.282. The van der Waals surface area contributed by atoms with Crippen LogP contribution in [0.25, 0.3) is 21.5 Å². The first kappa shape index (κ1) is 25.9. The van der Waals surface area contributed by atoms with Gasteiger partial charge in [-0.1, -0.05) is 60.7 Å². The van der Waals surface area contributed by atoms with Gasteiger partial charge in [0.05, 0.1) is 10.6 Å². The quantitative estimate of drug-likeness (QED) is 0.329. The molecule has 1 fully saturated rings. The van der Waals surface area contributed by atoms with Crippen LogP contribution in [0, 0.1) is 0 Å². The maximum atomic E-state index is 13.8. The molecule has 8 heteroatoms. The summed E-state index contributed by atoms with van der Waals surface area (Å²) in [6, 6.07) is 24.6. The van der Waals surface area contributed by atoms with Crippen LogP contribution in [-0.4, -0.2) is 58.2 Å². The van der Waals surface area contributed by atoms with E-state index in [1.54, 1.807) is 24.1 Å². The fourth-order valence-electron chi connectivity index (χ4n) is 4.97. The van der Waals surface area contributed by atoms with Crippen LogP contribution in [0.5, 0.6) is 0 Å². The Labute approximate surface area is 224 Å². The molecule has 1 heterocycles. The molecule has 7 nitrogen and oxygen atoms in total. The Balaban J connectivity index is 1.45. The lowest BCUT2D eigenvalue weighted by molar-refractivity contribution is 0.0240. The molecule has 0 bridgehead atoms. The summed E-state index contributed by atoms with van der Waals surface area (Å²) in [5.74, 6) is 0. The number of nitrogens with zero attached hydrogens (tertiary/aromatic N) is 3. The highest BCUT2D eigenvalue weighted by atomic mass is 32.2. The minimum Gasteiger partial charge on any atom is -0.444 e. The number of hydrogen-bond acceptors (Lipinski definition) is 5. The molecule has 5 rings (SSSR count). The number of anilines is 2. The number of carbonyl (C=O) groups excluding carboxylic acids is 1. The summed E-state index contributed by atoms with van der Waals surface area (Å²) in [4.78, 5) is 16.8. The fraction of sp³-hybridized carbons (Fsp3) is 0.300. The van der Waals surface area contributed by atoms with E-state index in [0.717, 1.165) is 21.8 Å². The molecule has 1 aliphatic rings. The molecule has 0 unspecified atom stereocenters. The van der Waals surface area contributed by atoms with Gasteiger partial charge in [-0.3, -0.25) is 4.31 Å². The normalized spacial score (nSPS) is 14.6. The van der Waals surface area contributed by atoms with E-state index in [1.807, 2.05) is 87.5 Å². The van der Waals surface area contributed by atoms with Crippen LogP contribution in [0.2, 0.25) is 0 Å². The van der Waals surface area contributed by atoms with E-state index < -0.39 is 15.6 Å². The Kier molecular flexibility index (Phi) is 6.69. The molecule has 0 aliphatic carbocycles. The number of hydrogen-bond donors (Lipinski definition) is 0. The van der Waals surface area contributed by atoms with Crippen LogP contribution in [0.4, 0.5) is 16.2 Å². The molecule has 4 aromatic carbocycles. The van der Waals surface area contributed by atoms with Crippen LogP contribution in [-0.2, 0) is 14.8 Å². The molecule has 1 saturated heterocycles. The van der Waals surface area contributed by atoms with Crippen LogP contribution in [0.3, 0.4) is 0 Å². The van der Waals surface area contributed by atoms with Crippen molar-refractivity contribution in [3.63, 3.8) is 0 Å². The summed E-state index contributed by atoms with van der Waals surface area (Å²) in [6.45, 7) is 8.03. The van der Waals surface area contributed by atoms with Crippen molar-refractivity contribution in [1.82, 2.24) is 4.90 Å². The summed E-state index contributed by atoms with van der Waals surface area (Å²) < 4.78 is 34.6. The molecule has 4 aromatic rings. The highest BCUT2D eigenvalue weighted by Crippen LogP contribution is 2.37. The first-order valence-corrected chi connectivity index (χ1v) is 14.2. The third kappa shape index (κ3) is 4.88. The minimum atomic E-state index is -3.82. The molecule has 0 radical (unpaired) electrons. The van der Waals surface area contributed by atoms with Crippen LogP contribution < -0.4 is 9.21 Å². The summed E-state index contributed by atoms with van der Waals surface area (Å²) in [5.41, 5.74) is 1.10. The highest BCUT2D eigenvalue weighted by Gasteiger charge is 2.28. The first-order valence-electron chi connectivity index (χ1n) is 12.8. The topological polar surface area (TPSA) is 70.2 Å². The Hall–Kier alpha value is -3.78. The van der Waals surface area contributed by atoms with Crippen molar-refractivity contribution < 1.29 is 17.9 Å². The van der Waals surface area contributed by atoms with Gasteiger partial charge in [-0.15, -0.1) is 0 Å².